The summed E-state index contributed by atoms with van der Waals surface area (Å²) in [5, 5.41) is 1.31. The van der Waals surface area contributed by atoms with Crippen LogP contribution in [0.15, 0.2) is 60.7 Å². The minimum absolute atomic E-state index is 1.30. The molecule has 0 saturated carbocycles. The third-order valence-electron chi connectivity index (χ3n) is 2.89. The van der Waals surface area contributed by atoms with Gasteiger partial charge in [0.1, 0.15) is 0 Å². The largest absolute Gasteiger partial charge is 0.238 e. The van der Waals surface area contributed by atoms with E-state index < -0.39 is 0 Å². The van der Waals surface area contributed by atoms with E-state index in [0.29, 0.717) is 0 Å². The molecule has 1 heterocycles. The second-order valence-corrected chi connectivity index (χ2v) is 5.29. The fourth-order valence-electron chi connectivity index (χ4n) is 1.90. The first-order valence-corrected chi connectivity index (χ1v) is 6.53. The van der Waals surface area contributed by atoms with Crippen molar-refractivity contribution in [3.05, 3.63) is 66.2 Å². The molecule has 3 rings (SSSR count). The minimum Gasteiger partial charge on any atom is -0.0613 e. The molecule has 0 amide bonds. The van der Waals surface area contributed by atoms with Crippen molar-refractivity contribution in [2.75, 3.05) is 0 Å². The molecule has 0 bridgehead atoms. The Morgan fingerprint density at radius 2 is 1.53 bits per heavy atom. The zero-order valence-electron chi connectivity index (χ0n) is 9.68. The monoisotopic (exact) mass is 237 g/mol. The average Bonchev–Trinajstić information content (AvgIpc) is 2.39. The van der Waals surface area contributed by atoms with Crippen LogP contribution >= 0.6 is 11.3 Å². The Morgan fingerprint density at radius 3 is 2.35 bits per heavy atom. The fraction of sp³-hybridized carbons (Fsp3) is 0.0625. The van der Waals surface area contributed by atoms with Gasteiger partial charge in [-0.25, -0.2) is 0 Å². The van der Waals surface area contributed by atoms with Gasteiger partial charge in [-0.05, 0) is 31.2 Å². The summed E-state index contributed by atoms with van der Waals surface area (Å²) < 4.78 is 1.34. The van der Waals surface area contributed by atoms with E-state index in [1.54, 1.807) is 0 Å². The summed E-state index contributed by atoms with van der Waals surface area (Å²) in [7, 11) is 0. The lowest BCUT2D eigenvalue weighted by molar-refractivity contribution is 1.48. The van der Waals surface area contributed by atoms with Gasteiger partial charge in [-0.2, -0.15) is 0 Å². The quantitative estimate of drug-likeness (QED) is 0.513. The molecule has 0 saturated heterocycles. The lowest BCUT2D eigenvalue weighted by Gasteiger charge is -1.95. The summed E-state index contributed by atoms with van der Waals surface area (Å²) in [5.41, 5.74) is 2.60. The van der Waals surface area contributed by atoms with Crippen LogP contribution in [-0.4, -0.2) is 0 Å². The van der Waals surface area contributed by atoms with Crippen LogP contribution in [0.1, 0.15) is 5.56 Å². The summed E-state index contributed by atoms with van der Waals surface area (Å²) >= 11 is 1.85. The number of rotatable bonds is 1. The van der Waals surface area contributed by atoms with Gasteiger partial charge in [0.25, 0.3) is 0 Å². The van der Waals surface area contributed by atoms with Crippen molar-refractivity contribution in [1.29, 1.82) is 0 Å². The van der Waals surface area contributed by atoms with Crippen LogP contribution < -0.4 is 0 Å². The topological polar surface area (TPSA) is 0 Å². The van der Waals surface area contributed by atoms with E-state index >= 15 is 0 Å². The van der Waals surface area contributed by atoms with Crippen LogP contribution in [0.5, 0.6) is 0 Å². The van der Waals surface area contributed by atoms with E-state index in [9.17, 15) is 0 Å². The van der Waals surface area contributed by atoms with Crippen molar-refractivity contribution in [3.63, 3.8) is 0 Å². The molecule has 0 atom stereocenters. The van der Waals surface area contributed by atoms with E-state index in [1.165, 1.54) is 26.1 Å². The average molecular weight is 237 g/mol. The molecule has 0 nitrogen and oxygen atoms in total. The molecule has 1 heteroatoms. The molecule has 0 aliphatic heterocycles. The Hall–Kier alpha value is -1.73. The molecule has 1 aromatic heterocycles. The van der Waals surface area contributed by atoms with Crippen LogP contribution in [0.3, 0.4) is 0 Å². The van der Waals surface area contributed by atoms with Gasteiger partial charge in [-0.1, -0.05) is 29.8 Å². The Labute approximate surface area is 105 Å². The molecule has 0 spiro atoms. The highest BCUT2D eigenvalue weighted by Gasteiger charge is 2.12. The van der Waals surface area contributed by atoms with Gasteiger partial charge in [0.15, 0.2) is 0 Å². The molecule has 0 aliphatic carbocycles. The molecule has 17 heavy (non-hydrogen) atoms. The van der Waals surface area contributed by atoms with Gasteiger partial charge in [-0.15, -0.1) is 0 Å². The number of hydrogen-bond donors (Lipinski definition) is 0. The summed E-state index contributed by atoms with van der Waals surface area (Å²) in [6, 6.07) is 21.6. The van der Waals surface area contributed by atoms with Gasteiger partial charge < -0.3 is 0 Å². The third-order valence-corrected chi connectivity index (χ3v) is 4.07. The maximum absolute atomic E-state index is 2.21. The Morgan fingerprint density at radius 1 is 0.765 bits per heavy atom. The molecule has 0 unspecified atom stereocenters. The first-order chi connectivity index (χ1) is 8.33. The smallest absolute Gasteiger partial charge is 0.0613 e. The van der Waals surface area contributed by atoms with Crippen LogP contribution in [0.25, 0.3) is 20.5 Å². The number of fused-ring (bicyclic) bond motifs is 1. The molecule has 0 N–H and O–H groups in total. The lowest BCUT2D eigenvalue weighted by Crippen LogP contribution is -1.76. The van der Waals surface area contributed by atoms with Crippen molar-refractivity contribution in [1.82, 2.24) is 0 Å². The van der Waals surface area contributed by atoms with Gasteiger partial charge in [0.05, 0.1) is 0 Å². The predicted octanol–water partition coefficient (Wildman–Crippen LogP) is 5.16. The molecule has 2 aromatic carbocycles. The summed E-state index contributed by atoms with van der Waals surface area (Å²) in [4.78, 5) is 1.32. The van der Waals surface area contributed by atoms with Gasteiger partial charge in [-0.3, -0.25) is 0 Å². The first kappa shape index (κ1) is 10.4. The highest BCUT2D eigenvalue weighted by molar-refractivity contribution is 7.21. The van der Waals surface area contributed by atoms with Crippen molar-refractivity contribution < 1.29 is 0 Å². The third kappa shape index (κ3) is 2.06. The van der Waals surface area contributed by atoms with Gasteiger partial charge in [0, 0.05) is 23.1 Å². The Bertz CT molecular complexity index is 654. The van der Waals surface area contributed by atoms with Gasteiger partial charge in [0.2, 0.25) is 20.9 Å². The zero-order chi connectivity index (χ0) is 11.7. The normalized spacial score (nSPS) is 10.6. The van der Waals surface area contributed by atoms with Crippen molar-refractivity contribution in [2.24, 2.45) is 0 Å². The van der Waals surface area contributed by atoms with Crippen molar-refractivity contribution in [3.8, 4) is 10.4 Å². The standard InChI is InChI=1S/C16H13S/c1-12-6-8-14(9-7-12)16-11-10-13-4-2-3-5-15(13)17-16/h2-11H,1H3/q+1. The molecule has 82 valence electrons. The van der Waals surface area contributed by atoms with Crippen LogP contribution in [0.2, 0.25) is 0 Å². The molecule has 0 aliphatic rings. The predicted molar refractivity (Wildman–Crippen MR) is 76.4 cm³/mol. The zero-order valence-corrected chi connectivity index (χ0v) is 10.5. The second kappa shape index (κ2) is 4.27. The number of hydrogen-bond acceptors (Lipinski definition) is 0. The van der Waals surface area contributed by atoms with E-state index in [1.807, 2.05) is 11.3 Å². The SMILES string of the molecule is Cc1ccc(-c2ccc3ccccc3[s+]2)cc1. The van der Waals surface area contributed by atoms with E-state index in [0.717, 1.165) is 0 Å². The second-order valence-electron chi connectivity index (χ2n) is 4.20. The summed E-state index contributed by atoms with van der Waals surface area (Å²) in [5.74, 6) is 0. The fourth-order valence-corrected chi connectivity index (χ4v) is 2.93. The molecule has 0 radical (unpaired) electrons. The maximum Gasteiger partial charge on any atom is 0.238 e. The van der Waals surface area contributed by atoms with E-state index in [-0.39, 0.29) is 0 Å². The van der Waals surface area contributed by atoms with Crippen LogP contribution in [0, 0.1) is 6.92 Å². The number of benzene rings is 2. The highest BCUT2D eigenvalue weighted by Crippen LogP contribution is 2.30. The summed E-state index contributed by atoms with van der Waals surface area (Å²) in [6.07, 6.45) is 0. The Kier molecular flexibility index (Phi) is 2.62. The highest BCUT2D eigenvalue weighted by atomic mass is 32.1. The maximum atomic E-state index is 2.21. The molecular weight excluding hydrogens is 224 g/mol. The molecular formula is C16H13S+. The van der Waals surface area contributed by atoms with Crippen LogP contribution in [-0.2, 0) is 0 Å². The minimum atomic E-state index is 1.30. The van der Waals surface area contributed by atoms with Crippen molar-refractivity contribution >= 4 is 21.4 Å². The van der Waals surface area contributed by atoms with Crippen LogP contribution in [0.4, 0.5) is 0 Å². The summed E-state index contributed by atoms with van der Waals surface area (Å²) in [6.45, 7) is 2.12. The van der Waals surface area contributed by atoms with Gasteiger partial charge >= 0.3 is 0 Å². The lowest BCUT2D eigenvalue weighted by atomic mass is 10.1. The first-order valence-electron chi connectivity index (χ1n) is 5.72. The number of aryl methyl sites for hydroxylation is 1. The molecule has 0 fully saturated rings. The van der Waals surface area contributed by atoms with E-state index in [4.69, 9.17) is 0 Å². The molecule has 3 aromatic rings. The Balaban J connectivity index is 2.14. The van der Waals surface area contributed by atoms with E-state index in [2.05, 4.69) is 67.6 Å². The van der Waals surface area contributed by atoms with Crippen molar-refractivity contribution in [2.45, 2.75) is 6.92 Å².